The summed E-state index contributed by atoms with van der Waals surface area (Å²) in [6.45, 7) is 1.75. The summed E-state index contributed by atoms with van der Waals surface area (Å²) in [5.41, 5.74) is 2.37. The molecule has 2 aromatic rings. The van der Waals surface area contributed by atoms with Gasteiger partial charge in [-0.3, -0.25) is 5.10 Å². The maximum absolute atomic E-state index is 13.4. The maximum Gasteiger partial charge on any atom is 0.409 e. The second-order valence-corrected chi connectivity index (χ2v) is 7.49. The van der Waals surface area contributed by atoms with E-state index in [1.54, 1.807) is 22.9 Å². The fourth-order valence-corrected chi connectivity index (χ4v) is 3.51. The van der Waals surface area contributed by atoms with Crippen molar-refractivity contribution in [2.75, 3.05) is 33.8 Å². The predicted molar refractivity (Wildman–Crippen MR) is 110 cm³/mol. The Morgan fingerprint density at radius 3 is 2.80 bits per heavy atom. The van der Waals surface area contributed by atoms with Crippen molar-refractivity contribution in [2.24, 2.45) is 0 Å². The van der Waals surface area contributed by atoms with Crippen LogP contribution in [-0.4, -0.2) is 72.0 Å². The number of ether oxygens (including phenoxy) is 1. The number of hydrogen-bond acceptors (Lipinski definition) is 4. The smallest absolute Gasteiger partial charge is 0.409 e. The first-order chi connectivity index (χ1) is 14.5. The number of likely N-dealkylation sites (tertiary alicyclic amines) is 1. The van der Waals surface area contributed by atoms with Gasteiger partial charge in [-0.1, -0.05) is 12.1 Å². The lowest BCUT2D eigenvalue weighted by Gasteiger charge is -2.32. The molecule has 1 fully saturated rings. The number of aromatic nitrogens is 2. The molecule has 0 spiro atoms. The molecule has 1 aromatic heterocycles. The van der Waals surface area contributed by atoms with Gasteiger partial charge < -0.3 is 19.9 Å². The summed E-state index contributed by atoms with van der Waals surface area (Å²) < 4.78 is 18.1. The third-order valence-corrected chi connectivity index (χ3v) is 5.29. The molecule has 1 aliphatic rings. The van der Waals surface area contributed by atoms with Crippen LogP contribution in [0.15, 0.2) is 30.3 Å². The third-order valence-electron chi connectivity index (χ3n) is 5.29. The molecule has 0 saturated carbocycles. The zero-order valence-corrected chi connectivity index (χ0v) is 17.4. The zero-order chi connectivity index (χ0) is 21.5. The van der Waals surface area contributed by atoms with Crippen LogP contribution in [0.5, 0.6) is 0 Å². The van der Waals surface area contributed by atoms with Gasteiger partial charge in [-0.2, -0.15) is 5.10 Å². The molecule has 1 saturated heterocycles. The number of piperidine rings is 1. The number of urea groups is 1. The molecule has 9 heteroatoms. The number of nitrogens with one attached hydrogen (secondary N) is 2. The minimum Gasteiger partial charge on any atom is -0.453 e. The van der Waals surface area contributed by atoms with Crippen LogP contribution in [0.4, 0.5) is 14.0 Å². The molecule has 0 radical (unpaired) electrons. The number of aromatic amines is 1. The first kappa shape index (κ1) is 21.6. The Morgan fingerprint density at radius 2 is 2.10 bits per heavy atom. The van der Waals surface area contributed by atoms with Gasteiger partial charge in [0.1, 0.15) is 5.82 Å². The Morgan fingerprint density at radius 1 is 1.33 bits per heavy atom. The molecule has 0 bridgehead atoms. The number of amides is 3. The number of carbonyl (C=O) groups is 2. The van der Waals surface area contributed by atoms with E-state index in [1.807, 2.05) is 12.1 Å². The van der Waals surface area contributed by atoms with Crippen molar-refractivity contribution < 1.29 is 18.7 Å². The van der Waals surface area contributed by atoms with Gasteiger partial charge in [0.25, 0.3) is 0 Å². The number of benzene rings is 1. The van der Waals surface area contributed by atoms with Crippen molar-refractivity contribution in [3.05, 3.63) is 41.8 Å². The van der Waals surface area contributed by atoms with E-state index in [-0.39, 0.29) is 24.0 Å². The molecule has 3 amide bonds. The summed E-state index contributed by atoms with van der Waals surface area (Å²) in [5.74, 6) is -0.291. The van der Waals surface area contributed by atoms with Gasteiger partial charge in [0.2, 0.25) is 0 Å². The van der Waals surface area contributed by atoms with Crippen LogP contribution in [-0.2, 0) is 11.2 Å². The van der Waals surface area contributed by atoms with Gasteiger partial charge in [0.15, 0.2) is 0 Å². The number of carbonyl (C=O) groups excluding carboxylic acids is 2. The van der Waals surface area contributed by atoms with E-state index in [4.69, 9.17) is 4.74 Å². The summed E-state index contributed by atoms with van der Waals surface area (Å²) in [6, 6.07) is 8.18. The van der Waals surface area contributed by atoms with Crippen LogP contribution in [0, 0.1) is 5.82 Å². The SMILES string of the molecule is COC(=O)N1CCC(NC(=O)N(C)CCCc2cc(-c3cccc(F)c3)n[nH]2)CC1. The van der Waals surface area contributed by atoms with Crippen molar-refractivity contribution in [2.45, 2.75) is 31.7 Å². The zero-order valence-electron chi connectivity index (χ0n) is 17.4. The van der Waals surface area contributed by atoms with Gasteiger partial charge in [-0.05, 0) is 43.9 Å². The molecular formula is C21H28FN5O3. The van der Waals surface area contributed by atoms with Crippen LogP contribution in [0.1, 0.15) is 25.0 Å². The highest BCUT2D eigenvalue weighted by Crippen LogP contribution is 2.19. The molecule has 30 heavy (non-hydrogen) atoms. The number of rotatable bonds is 6. The number of aryl methyl sites for hydroxylation is 1. The summed E-state index contributed by atoms with van der Waals surface area (Å²) in [6.07, 6.45) is 2.61. The molecule has 2 heterocycles. The fourth-order valence-electron chi connectivity index (χ4n) is 3.51. The highest BCUT2D eigenvalue weighted by molar-refractivity contribution is 5.74. The number of methoxy groups -OCH3 is 1. The van der Waals surface area contributed by atoms with E-state index in [2.05, 4.69) is 15.5 Å². The van der Waals surface area contributed by atoms with Crippen molar-refractivity contribution >= 4 is 12.1 Å². The molecule has 1 aliphatic heterocycles. The highest BCUT2D eigenvalue weighted by Gasteiger charge is 2.24. The summed E-state index contributed by atoms with van der Waals surface area (Å²) in [4.78, 5) is 27.2. The standard InChI is InChI=1S/C21H28FN5O3/c1-26(20(28)23-17-8-11-27(12-9-17)21(29)30-2)10-4-7-18-14-19(25-24-18)15-5-3-6-16(22)13-15/h3,5-6,13-14,17H,4,7-12H2,1-2H3,(H,23,28)(H,24,25). The Balaban J connectivity index is 1.39. The van der Waals surface area contributed by atoms with Crippen LogP contribution in [0.3, 0.4) is 0 Å². The van der Waals surface area contributed by atoms with Gasteiger partial charge in [-0.15, -0.1) is 0 Å². The molecule has 162 valence electrons. The molecule has 0 aliphatic carbocycles. The number of halogens is 1. The van der Waals surface area contributed by atoms with Gasteiger partial charge >= 0.3 is 12.1 Å². The predicted octanol–water partition coefficient (Wildman–Crippen LogP) is 3.02. The van der Waals surface area contributed by atoms with E-state index in [0.717, 1.165) is 24.1 Å². The van der Waals surface area contributed by atoms with Crippen molar-refractivity contribution in [1.29, 1.82) is 0 Å². The van der Waals surface area contributed by atoms with E-state index in [1.165, 1.54) is 19.2 Å². The summed E-state index contributed by atoms with van der Waals surface area (Å²) >= 11 is 0. The maximum atomic E-state index is 13.4. The highest BCUT2D eigenvalue weighted by atomic mass is 19.1. The molecule has 1 aromatic carbocycles. The third kappa shape index (κ3) is 5.71. The van der Waals surface area contributed by atoms with E-state index in [0.29, 0.717) is 38.2 Å². The number of hydrogen-bond donors (Lipinski definition) is 2. The first-order valence-corrected chi connectivity index (χ1v) is 10.1. The van der Waals surface area contributed by atoms with E-state index >= 15 is 0 Å². The molecule has 3 rings (SSSR count). The molecule has 0 unspecified atom stereocenters. The topological polar surface area (TPSA) is 90.6 Å². The number of nitrogens with zero attached hydrogens (tertiary/aromatic N) is 3. The normalized spacial score (nSPS) is 14.4. The van der Waals surface area contributed by atoms with Gasteiger partial charge in [0, 0.05) is 44.0 Å². The minimum absolute atomic E-state index is 0.0577. The Labute approximate surface area is 175 Å². The summed E-state index contributed by atoms with van der Waals surface area (Å²) in [5, 5.41) is 10.2. The lowest BCUT2D eigenvalue weighted by molar-refractivity contribution is 0.110. The Hall–Kier alpha value is -3.10. The lowest BCUT2D eigenvalue weighted by Crippen LogP contribution is -2.49. The summed E-state index contributed by atoms with van der Waals surface area (Å²) in [7, 11) is 3.14. The molecule has 8 nitrogen and oxygen atoms in total. The van der Waals surface area contributed by atoms with Crippen molar-refractivity contribution in [3.63, 3.8) is 0 Å². The van der Waals surface area contributed by atoms with E-state index < -0.39 is 0 Å². The fraction of sp³-hybridized carbons (Fsp3) is 0.476. The largest absolute Gasteiger partial charge is 0.453 e. The molecule has 0 atom stereocenters. The number of H-pyrrole nitrogens is 1. The van der Waals surface area contributed by atoms with Gasteiger partial charge in [-0.25, -0.2) is 14.0 Å². The van der Waals surface area contributed by atoms with Crippen molar-refractivity contribution in [3.8, 4) is 11.3 Å². The van der Waals surface area contributed by atoms with Crippen molar-refractivity contribution in [1.82, 2.24) is 25.3 Å². The van der Waals surface area contributed by atoms with Crippen LogP contribution in [0.2, 0.25) is 0 Å². The Bertz CT molecular complexity index is 864. The van der Waals surface area contributed by atoms with Crippen LogP contribution >= 0.6 is 0 Å². The second kappa shape index (κ2) is 10.1. The monoisotopic (exact) mass is 417 g/mol. The molecule has 2 N–H and O–H groups in total. The van der Waals surface area contributed by atoms with Crippen LogP contribution < -0.4 is 5.32 Å². The first-order valence-electron chi connectivity index (χ1n) is 10.1. The quantitative estimate of drug-likeness (QED) is 0.756. The lowest BCUT2D eigenvalue weighted by atomic mass is 10.1. The average molecular weight is 417 g/mol. The van der Waals surface area contributed by atoms with E-state index in [9.17, 15) is 14.0 Å². The van der Waals surface area contributed by atoms with Gasteiger partial charge in [0.05, 0.1) is 12.8 Å². The van der Waals surface area contributed by atoms with Crippen LogP contribution in [0.25, 0.3) is 11.3 Å². The average Bonchev–Trinajstić information content (AvgIpc) is 3.22. The Kier molecular flexibility index (Phi) is 7.26. The molecular weight excluding hydrogens is 389 g/mol. The second-order valence-electron chi connectivity index (χ2n) is 7.49. The minimum atomic E-state index is -0.323.